The van der Waals surface area contributed by atoms with Crippen molar-refractivity contribution < 1.29 is 14.3 Å². The summed E-state index contributed by atoms with van der Waals surface area (Å²) in [4.78, 5) is 24.1. The van der Waals surface area contributed by atoms with Crippen LogP contribution < -0.4 is 10.6 Å². The quantitative estimate of drug-likeness (QED) is 0.859. The summed E-state index contributed by atoms with van der Waals surface area (Å²) in [6.07, 6.45) is -0.721. The van der Waals surface area contributed by atoms with E-state index in [-0.39, 0.29) is 19.2 Å². The predicted octanol–water partition coefficient (Wildman–Crippen LogP) is 2.70. The third-order valence-corrected chi connectivity index (χ3v) is 3.88. The maximum Gasteiger partial charge on any atom is 0.413 e. The Labute approximate surface area is 133 Å². The fourth-order valence-electron chi connectivity index (χ4n) is 2.00. The zero-order chi connectivity index (χ0) is 15.8. The molecule has 2 amide bonds. The molecule has 2 aromatic rings. The summed E-state index contributed by atoms with van der Waals surface area (Å²) >= 11 is 1.61. The van der Waals surface area contributed by atoms with E-state index in [4.69, 9.17) is 0 Å². The van der Waals surface area contributed by atoms with Gasteiger partial charge in [0.15, 0.2) is 0 Å². The lowest BCUT2D eigenvalue weighted by Crippen LogP contribution is -2.39. The number of hydrogen-bond donors (Lipinski definition) is 2. The Morgan fingerprint density at radius 3 is 2.59 bits per heavy atom. The van der Waals surface area contributed by atoms with Crippen LogP contribution in [0.1, 0.15) is 23.4 Å². The molecule has 0 fully saturated rings. The summed E-state index contributed by atoms with van der Waals surface area (Å²) in [5, 5.41) is 7.34. The summed E-state index contributed by atoms with van der Waals surface area (Å²) < 4.78 is 4.68. The van der Waals surface area contributed by atoms with Gasteiger partial charge in [-0.2, -0.15) is 0 Å². The molecule has 0 spiro atoms. The molecular weight excluding hydrogens is 300 g/mol. The fraction of sp³-hybridized carbons (Fsp3) is 0.250. The molecule has 1 aromatic carbocycles. The van der Waals surface area contributed by atoms with Crippen molar-refractivity contribution in [2.45, 2.75) is 13.0 Å². The van der Waals surface area contributed by atoms with Crippen LogP contribution in [0, 0.1) is 0 Å². The van der Waals surface area contributed by atoms with Gasteiger partial charge in [0.1, 0.15) is 0 Å². The molecule has 1 aromatic heterocycles. The van der Waals surface area contributed by atoms with E-state index in [1.165, 1.54) is 0 Å². The van der Waals surface area contributed by atoms with E-state index < -0.39 is 12.0 Å². The van der Waals surface area contributed by atoms with Crippen molar-refractivity contribution in [3.63, 3.8) is 0 Å². The number of amides is 2. The Balaban J connectivity index is 1.99. The van der Waals surface area contributed by atoms with Gasteiger partial charge >= 0.3 is 6.09 Å². The molecule has 6 heteroatoms. The Hall–Kier alpha value is -2.18. The van der Waals surface area contributed by atoms with Crippen molar-refractivity contribution in [2.75, 3.05) is 13.2 Å². The van der Waals surface area contributed by atoms with E-state index in [1.807, 2.05) is 47.8 Å². The lowest BCUT2D eigenvalue weighted by molar-refractivity contribution is -0.119. The van der Waals surface area contributed by atoms with Gasteiger partial charge in [-0.25, -0.2) is 4.79 Å². The topological polar surface area (TPSA) is 67.4 Å². The number of imide groups is 1. The minimum absolute atomic E-state index is 0.0241. The van der Waals surface area contributed by atoms with Crippen LogP contribution in [0.2, 0.25) is 0 Å². The minimum Gasteiger partial charge on any atom is -0.450 e. The van der Waals surface area contributed by atoms with Crippen LogP contribution >= 0.6 is 11.3 Å². The van der Waals surface area contributed by atoms with Gasteiger partial charge in [-0.1, -0.05) is 36.4 Å². The standard InChI is InChI=1S/C16H18N2O3S/c1-2-21-16(20)18-14(19)11-17-15(13-9-6-10-22-13)12-7-4-3-5-8-12/h3-10,15,17H,2,11H2,1H3,(H,18,19,20)/t15-/m1/s1. The molecule has 2 rings (SSSR count). The fourth-order valence-corrected chi connectivity index (χ4v) is 2.83. The Morgan fingerprint density at radius 2 is 1.95 bits per heavy atom. The van der Waals surface area contributed by atoms with Gasteiger partial charge in [-0.3, -0.25) is 15.4 Å². The van der Waals surface area contributed by atoms with Crippen LogP contribution in [0.5, 0.6) is 0 Å². The monoisotopic (exact) mass is 318 g/mol. The Bertz CT molecular complexity index is 599. The first-order chi connectivity index (χ1) is 10.7. The molecule has 0 unspecified atom stereocenters. The Kier molecular flexibility index (Phi) is 6.12. The number of ether oxygens (including phenoxy) is 1. The summed E-state index contributed by atoms with van der Waals surface area (Å²) in [5.41, 5.74) is 1.06. The molecule has 0 bridgehead atoms. The summed E-state index contributed by atoms with van der Waals surface area (Å²) in [6, 6.07) is 13.7. The SMILES string of the molecule is CCOC(=O)NC(=O)CN[C@H](c1ccccc1)c1cccs1. The zero-order valence-corrected chi connectivity index (χ0v) is 13.1. The van der Waals surface area contributed by atoms with E-state index in [2.05, 4.69) is 15.4 Å². The Morgan fingerprint density at radius 1 is 1.18 bits per heavy atom. The number of rotatable bonds is 6. The number of hydrogen-bond acceptors (Lipinski definition) is 5. The third kappa shape index (κ3) is 4.68. The first-order valence-electron chi connectivity index (χ1n) is 6.99. The van der Waals surface area contributed by atoms with Crippen molar-refractivity contribution in [1.82, 2.24) is 10.6 Å². The van der Waals surface area contributed by atoms with Crippen LogP contribution in [-0.4, -0.2) is 25.2 Å². The summed E-state index contributed by atoms with van der Waals surface area (Å²) in [5.74, 6) is -0.420. The predicted molar refractivity (Wildman–Crippen MR) is 85.8 cm³/mol. The highest BCUT2D eigenvalue weighted by atomic mass is 32.1. The maximum atomic E-state index is 11.8. The van der Waals surface area contributed by atoms with E-state index >= 15 is 0 Å². The number of benzene rings is 1. The molecule has 2 N–H and O–H groups in total. The lowest BCUT2D eigenvalue weighted by Gasteiger charge is -2.17. The summed E-state index contributed by atoms with van der Waals surface area (Å²) in [6.45, 7) is 1.94. The normalized spacial score (nSPS) is 11.7. The molecule has 116 valence electrons. The van der Waals surface area contributed by atoms with E-state index in [0.717, 1.165) is 10.4 Å². The average Bonchev–Trinajstić information content (AvgIpc) is 3.03. The van der Waals surface area contributed by atoms with Gasteiger partial charge in [0.05, 0.1) is 19.2 Å². The van der Waals surface area contributed by atoms with Gasteiger partial charge in [0.25, 0.3) is 0 Å². The molecule has 22 heavy (non-hydrogen) atoms. The summed E-state index contributed by atoms with van der Waals surface area (Å²) in [7, 11) is 0. The van der Waals surface area contributed by atoms with Gasteiger partial charge in [0, 0.05) is 4.88 Å². The molecule has 0 aliphatic carbocycles. The minimum atomic E-state index is -0.721. The van der Waals surface area contributed by atoms with E-state index in [1.54, 1.807) is 18.3 Å². The first kappa shape index (κ1) is 16.2. The molecule has 0 aliphatic heterocycles. The number of thiophene rings is 1. The second kappa shape index (κ2) is 8.31. The number of carbonyl (C=O) groups excluding carboxylic acids is 2. The molecule has 0 saturated carbocycles. The highest BCUT2D eigenvalue weighted by Crippen LogP contribution is 2.25. The largest absolute Gasteiger partial charge is 0.450 e. The first-order valence-corrected chi connectivity index (χ1v) is 7.87. The van der Waals surface area contributed by atoms with Crippen LogP contribution in [0.4, 0.5) is 4.79 Å². The molecule has 0 aliphatic rings. The van der Waals surface area contributed by atoms with Crippen molar-refractivity contribution in [1.29, 1.82) is 0 Å². The van der Waals surface area contributed by atoms with Gasteiger partial charge in [-0.05, 0) is 23.9 Å². The molecule has 1 heterocycles. The highest BCUT2D eigenvalue weighted by Gasteiger charge is 2.16. The van der Waals surface area contributed by atoms with Crippen molar-refractivity contribution in [3.05, 3.63) is 58.3 Å². The van der Waals surface area contributed by atoms with Crippen LogP contribution in [0.25, 0.3) is 0 Å². The molecule has 5 nitrogen and oxygen atoms in total. The zero-order valence-electron chi connectivity index (χ0n) is 12.2. The maximum absolute atomic E-state index is 11.8. The third-order valence-electron chi connectivity index (χ3n) is 2.94. The molecule has 0 saturated heterocycles. The number of nitrogens with one attached hydrogen (secondary N) is 2. The highest BCUT2D eigenvalue weighted by molar-refractivity contribution is 7.10. The number of carbonyl (C=O) groups is 2. The molecule has 0 radical (unpaired) electrons. The molecule has 1 atom stereocenters. The van der Waals surface area contributed by atoms with Crippen LogP contribution in [0.3, 0.4) is 0 Å². The van der Waals surface area contributed by atoms with Crippen molar-refractivity contribution >= 4 is 23.3 Å². The van der Waals surface area contributed by atoms with Crippen LogP contribution in [-0.2, 0) is 9.53 Å². The number of alkyl carbamates (subject to hydrolysis) is 1. The van der Waals surface area contributed by atoms with Gasteiger partial charge in [-0.15, -0.1) is 11.3 Å². The van der Waals surface area contributed by atoms with Gasteiger partial charge < -0.3 is 4.74 Å². The second-order valence-electron chi connectivity index (χ2n) is 4.51. The van der Waals surface area contributed by atoms with Crippen LogP contribution in [0.15, 0.2) is 47.8 Å². The lowest BCUT2D eigenvalue weighted by atomic mass is 10.1. The van der Waals surface area contributed by atoms with Crippen molar-refractivity contribution in [3.8, 4) is 0 Å². The van der Waals surface area contributed by atoms with Crippen molar-refractivity contribution in [2.24, 2.45) is 0 Å². The van der Waals surface area contributed by atoms with Gasteiger partial charge in [0.2, 0.25) is 5.91 Å². The van der Waals surface area contributed by atoms with E-state index in [9.17, 15) is 9.59 Å². The second-order valence-corrected chi connectivity index (χ2v) is 5.49. The van der Waals surface area contributed by atoms with E-state index in [0.29, 0.717) is 0 Å². The smallest absolute Gasteiger partial charge is 0.413 e. The average molecular weight is 318 g/mol. The molecular formula is C16H18N2O3S.